The summed E-state index contributed by atoms with van der Waals surface area (Å²) in [5.74, 6) is 0.691. The van der Waals surface area contributed by atoms with Gasteiger partial charge in [-0.05, 0) is 19.1 Å². The molecule has 1 aromatic rings. The van der Waals surface area contributed by atoms with Gasteiger partial charge in [0.15, 0.2) is 0 Å². The fourth-order valence-electron chi connectivity index (χ4n) is 1.28. The summed E-state index contributed by atoms with van der Waals surface area (Å²) in [7, 11) is 3.81. The van der Waals surface area contributed by atoms with Crippen LogP contribution in [-0.4, -0.2) is 35.7 Å². The summed E-state index contributed by atoms with van der Waals surface area (Å²) in [6.45, 7) is 3.35. The molecular formula is C13H17N3OS. The molecular weight excluding hydrogens is 246 g/mol. The molecule has 0 atom stereocenters. The Morgan fingerprint density at radius 1 is 1.28 bits per heavy atom. The van der Waals surface area contributed by atoms with Gasteiger partial charge < -0.3 is 10.2 Å². The second-order valence-corrected chi connectivity index (χ2v) is 4.47. The first-order chi connectivity index (χ1) is 8.41. The average molecular weight is 263 g/mol. The van der Waals surface area contributed by atoms with Crippen LogP contribution in [0.25, 0.3) is 0 Å². The third-order valence-electron chi connectivity index (χ3n) is 2.38. The number of nitrogens with zero attached hydrogens (tertiary/aromatic N) is 2. The second kappa shape index (κ2) is 6.26. The van der Waals surface area contributed by atoms with Crippen molar-refractivity contribution >= 4 is 34.6 Å². The number of benzene rings is 1. The van der Waals surface area contributed by atoms with E-state index in [1.54, 1.807) is 0 Å². The molecule has 5 heteroatoms. The minimum Gasteiger partial charge on any atom is -0.366 e. The topological polar surface area (TPSA) is 44.7 Å². The van der Waals surface area contributed by atoms with Crippen molar-refractivity contribution in [1.82, 2.24) is 4.90 Å². The van der Waals surface area contributed by atoms with Gasteiger partial charge in [0.2, 0.25) is 5.91 Å². The van der Waals surface area contributed by atoms with Gasteiger partial charge >= 0.3 is 0 Å². The van der Waals surface area contributed by atoms with Crippen LogP contribution in [0, 0.1) is 0 Å². The van der Waals surface area contributed by atoms with Crippen molar-refractivity contribution in [3.05, 3.63) is 29.8 Å². The van der Waals surface area contributed by atoms with Gasteiger partial charge in [-0.15, -0.1) is 0 Å². The van der Waals surface area contributed by atoms with Crippen LogP contribution in [0.4, 0.5) is 5.69 Å². The lowest BCUT2D eigenvalue weighted by molar-refractivity contribution is -0.114. The molecule has 0 heterocycles. The fraction of sp³-hybridized carbons (Fsp3) is 0.308. The lowest BCUT2D eigenvalue weighted by Gasteiger charge is -2.13. The third kappa shape index (κ3) is 3.92. The standard InChI is InChI=1S/C13H17N3OS/c1-9(16(3)4)14-13(18)11-7-5-6-8-12(11)15-10(2)17/h5-8H,1-4H3,(H,15,17)/b14-9+. The molecule has 18 heavy (non-hydrogen) atoms. The average Bonchev–Trinajstić information content (AvgIpc) is 2.28. The summed E-state index contributed by atoms with van der Waals surface area (Å²) in [6.07, 6.45) is 0. The smallest absolute Gasteiger partial charge is 0.221 e. The van der Waals surface area contributed by atoms with E-state index in [9.17, 15) is 4.79 Å². The number of amides is 1. The zero-order chi connectivity index (χ0) is 13.7. The van der Waals surface area contributed by atoms with Gasteiger partial charge in [-0.2, -0.15) is 0 Å². The Balaban J connectivity index is 3.06. The largest absolute Gasteiger partial charge is 0.366 e. The van der Waals surface area contributed by atoms with Crippen LogP contribution in [-0.2, 0) is 4.79 Å². The van der Waals surface area contributed by atoms with Crippen molar-refractivity contribution in [3.63, 3.8) is 0 Å². The number of hydrogen-bond acceptors (Lipinski definition) is 2. The molecule has 1 aromatic carbocycles. The van der Waals surface area contributed by atoms with Crippen LogP contribution in [0.2, 0.25) is 0 Å². The summed E-state index contributed by atoms with van der Waals surface area (Å²) >= 11 is 5.29. The van der Waals surface area contributed by atoms with Crippen LogP contribution in [0.15, 0.2) is 29.3 Å². The number of anilines is 1. The minimum atomic E-state index is -0.126. The number of carbonyl (C=O) groups is 1. The molecule has 0 saturated carbocycles. The maximum Gasteiger partial charge on any atom is 0.221 e. The molecule has 0 bridgehead atoms. The Bertz CT molecular complexity index is 495. The van der Waals surface area contributed by atoms with Crippen molar-refractivity contribution in [1.29, 1.82) is 0 Å². The molecule has 1 amide bonds. The number of amidine groups is 1. The molecule has 96 valence electrons. The predicted octanol–water partition coefficient (Wildman–Crippen LogP) is 2.30. The Morgan fingerprint density at radius 3 is 2.44 bits per heavy atom. The van der Waals surface area contributed by atoms with Crippen molar-refractivity contribution in [3.8, 4) is 0 Å². The lowest BCUT2D eigenvalue weighted by atomic mass is 10.1. The Morgan fingerprint density at radius 2 is 1.89 bits per heavy atom. The first-order valence-electron chi connectivity index (χ1n) is 5.55. The number of rotatable bonds is 2. The third-order valence-corrected chi connectivity index (χ3v) is 2.69. The zero-order valence-electron chi connectivity index (χ0n) is 11.0. The summed E-state index contributed by atoms with van der Waals surface area (Å²) in [6, 6.07) is 7.37. The van der Waals surface area contributed by atoms with Gasteiger partial charge in [-0.1, -0.05) is 24.4 Å². The monoisotopic (exact) mass is 263 g/mol. The number of aliphatic imine (C=N–C) groups is 1. The first kappa shape index (κ1) is 14.3. The van der Waals surface area contributed by atoms with E-state index in [0.29, 0.717) is 10.7 Å². The highest BCUT2D eigenvalue weighted by Crippen LogP contribution is 2.17. The van der Waals surface area contributed by atoms with Gasteiger partial charge in [0.1, 0.15) is 10.8 Å². The van der Waals surface area contributed by atoms with Crippen molar-refractivity contribution < 1.29 is 4.79 Å². The van der Waals surface area contributed by atoms with Gasteiger partial charge in [-0.25, -0.2) is 4.99 Å². The van der Waals surface area contributed by atoms with Crippen LogP contribution in [0.3, 0.4) is 0 Å². The maximum absolute atomic E-state index is 11.1. The zero-order valence-corrected chi connectivity index (χ0v) is 11.8. The molecule has 1 rings (SSSR count). The second-order valence-electron chi connectivity index (χ2n) is 4.09. The number of para-hydroxylation sites is 1. The number of carbonyl (C=O) groups excluding carboxylic acids is 1. The normalized spacial score (nSPS) is 11.0. The molecule has 0 aromatic heterocycles. The van der Waals surface area contributed by atoms with Crippen LogP contribution >= 0.6 is 12.2 Å². The molecule has 1 N–H and O–H groups in total. The van der Waals surface area contributed by atoms with Gasteiger partial charge in [-0.3, -0.25) is 4.79 Å². The summed E-state index contributed by atoms with van der Waals surface area (Å²) in [4.78, 5) is 17.8. The van der Waals surface area contributed by atoms with Crippen molar-refractivity contribution in [2.75, 3.05) is 19.4 Å². The van der Waals surface area contributed by atoms with E-state index in [4.69, 9.17) is 12.2 Å². The lowest BCUT2D eigenvalue weighted by Crippen LogP contribution is -2.20. The maximum atomic E-state index is 11.1. The molecule has 0 radical (unpaired) electrons. The van der Waals surface area contributed by atoms with Crippen LogP contribution < -0.4 is 5.32 Å². The highest BCUT2D eigenvalue weighted by atomic mass is 32.1. The Kier molecular flexibility index (Phi) is 4.97. The summed E-state index contributed by atoms with van der Waals surface area (Å²) in [5.41, 5.74) is 1.44. The molecule has 0 aliphatic heterocycles. The van der Waals surface area contributed by atoms with Crippen LogP contribution in [0.5, 0.6) is 0 Å². The molecule has 0 unspecified atom stereocenters. The highest BCUT2D eigenvalue weighted by Gasteiger charge is 2.08. The number of nitrogens with one attached hydrogen (secondary N) is 1. The van der Waals surface area contributed by atoms with Gasteiger partial charge in [0.05, 0.1) is 5.69 Å². The quantitative estimate of drug-likeness (QED) is 0.506. The molecule has 4 nitrogen and oxygen atoms in total. The minimum absolute atomic E-state index is 0.126. The van der Waals surface area contributed by atoms with E-state index in [-0.39, 0.29) is 5.91 Å². The predicted molar refractivity (Wildman–Crippen MR) is 79.2 cm³/mol. The first-order valence-corrected chi connectivity index (χ1v) is 5.96. The fourth-order valence-corrected chi connectivity index (χ4v) is 1.59. The van der Waals surface area contributed by atoms with Gasteiger partial charge in [0.25, 0.3) is 0 Å². The molecule has 0 spiro atoms. The van der Waals surface area contributed by atoms with Gasteiger partial charge in [0, 0.05) is 26.6 Å². The molecule has 0 fully saturated rings. The summed E-state index contributed by atoms with van der Waals surface area (Å²) in [5, 5.41) is 2.75. The molecule has 0 aliphatic rings. The Hall–Kier alpha value is -1.75. The van der Waals surface area contributed by atoms with Crippen molar-refractivity contribution in [2.45, 2.75) is 13.8 Å². The number of thiocarbonyl (C=S) groups is 1. The highest BCUT2D eigenvalue weighted by molar-refractivity contribution is 7.80. The number of hydrogen-bond donors (Lipinski definition) is 1. The van der Waals surface area contributed by atoms with E-state index in [0.717, 1.165) is 11.4 Å². The SMILES string of the molecule is CC(=O)Nc1ccccc1C(=S)/N=C(\C)N(C)C. The van der Waals surface area contributed by atoms with E-state index < -0.39 is 0 Å². The Labute approximate surface area is 113 Å². The van der Waals surface area contributed by atoms with E-state index >= 15 is 0 Å². The van der Waals surface area contributed by atoms with E-state index in [1.165, 1.54) is 6.92 Å². The molecule has 0 aliphatic carbocycles. The van der Waals surface area contributed by atoms with Crippen molar-refractivity contribution in [2.24, 2.45) is 4.99 Å². The van der Waals surface area contributed by atoms with E-state index in [1.807, 2.05) is 50.2 Å². The summed E-state index contributed by atoms with van der Waals surface area (Å²) < 4.78 is 0. The van der Waals surface area contributed by atoms with E-state index in [2.05, 4.69) is 10.3 Å². The molecule has 0 saturated heterocycles. The van der Waals surface area contributed by atoms with Crippen LogP contribution in [0.1, 0.15) is 19.4 Å².